The van der Waals surface area contributed by atoms with E-state index >= 15 is 0 Å². The van der Waals surface area contributed by atoms with Gasteiger partial charge >= 0.3 is 0 Å². The largest absolute Gasteiger partial charge is 0.294 e. The van der Waals surface area contributed by atoms with Gasteiger partial charge in [-0.05, 0) is 30.3 Å². The van der Waals surface area contributed by atoms with Crippen LogP contribution in [0.3, 0.4) is 0 Å². The Kier molecular flexibility index (Phi) is 4.32. The lowest BCUT2D eigenvalue weighted by Crippen LogP contribution is -2.08. The maximum atomic E-state index is 13.6. The summed E-state index contributed by atoms with van der Waals surface area (Å²) in [5, 5.41) is 0.156. The first-order valence-electron chi connectivity index (χ1n) is 5.40. The molecule has 0 saturated carbocycles. The molecule has 0 aliphatic heterocycles. The van der Waals surface area contributed by atoms with Crippen LogP contribution in [0.25, 0.3) is 0 Å². The predicted octanol–water partition coefficient (Wildman–Crippen LogP) is 4.81. The van der Waals surface area contributed by atoms with Gasteiger partial charge in [0, 0.05) is 21.5 Å². The van der Waals surface area contributed by atoms with E-state index in [1.807, 2.05) is 0 Å². The monoisotopic (exact) mass is 344 g/mol. The molecule has 98 valence electrons. The van der Waals surface area contributed by atoms with E-state index in [2.05, 4.69) is 15.9 Å². The van der Waals surface area contributed by atoms with Gasteiger partial charge in [0.25, 0.3) is 0 Å². The molecular formula is C14H8BrClF2O. The van der Waals surface area contributed by atoms with Gasteiger partial charge in [-0.15, -0.1) is 0 Å². The van der Waals surface area contributed by atoms with Crippen LogP contribution in [0.2, 0.25) is 5.02 Å². The number of rotatable bonds is 3. The van der Waals surface area contributed by atoms with E-state index in [0.29, 0.717) is 4.47 Å². The Morgan fingerprint density at radius 2 is 1.89 bits per heavy atom. The third-order valence-corrected chi connectivity index (χ3v) is 3.48. The van der Waals surface area contributed by atoms with Gasteiger partial charge in [-0.1, -0.05) is 33.6 Å². The number of benzene rings is 2. The van der Waals surface area contributed by atoms with Crippen LogP contribution in [0, 0.1) is 11.6 Å². The maximum Gasteiger partial charge on any atom is 0.170 e. The normalized spacial score (nSPS) is 10.5. The Bertz CT molecular complexity index is 623. The van der Waals surface area contributed by atoms with Crippen LogP contribution in [0.1, 0.15) is 15.9 Å². The third kappa shape index (κ3) is 3.19. The molecule has 0 fully saturated rings. The topological polar surface area (TPSA) is 17.1 Å². The molecule has 2 aromatic rings. The van der Waals surface area contributed by atoms with Gasteiger partial charge in [-0.3, -0.25) is 4.79 Å². The highest BCUT2D eigenvalue weighted by Crippen LogP contribution is 2.23. The summed E-state index contributed by atoms with van der Waals surface area (Å²) in [6.45, 7) is 0. The molecule has 0 N–H and O–H groups in total. The van der Waals surface area contributed by atoms with Crippen LogP contribution in [0.5, 0.6) is 0 Å². The molecule has 0 aliphatic rings. The van der Waals surface area contributed by atoms with Crippen LogP contribution in [-0.4, -0.2) is 5.78 Å². The predicted molar refractivity (Wildman–Crippen MR) is 73.5 cm³/mol. The first kappa shape index (κ1) is 14.2. The van der Waals surface area contributed by atoms with Crippen molar-refractivity contribution in [2.45, 2.75) is 6.42 Å². The molecule has 2 rings (SSSR count). The molecule has 0 unspecified atom stereocenters. The van der Waals surface area contributed by atoms with Gasteiger partial charge in [0.15, 0.2) is 5.78 Å². The van der Waals surface area contributed by atoms with Gasteiger partial charge in [-0.2, -0.15) is 0 Å². The number of hydrogen-bond acceptors (Lipinski definition) is 1. The quantitative estimate of drug-likeness (QED) is 0.730. The Morgan fingerprint density at radius 3 is 2.58 bits per heavy atom. The van der Waals surface area contributed by atoms with Crippen molar-refractivity contribution in [3.8, 4) is 0 Å². The molecule has 0 spiro atoms. The molecule has 0 atom stereocenters. The molecule has 5 heteroatoms. The molecule has 19 heavy (non-hydrogen) atoms. The van der Waals surface area contributed by atoms with Gasteiger partial charge in [0.2, 0.25) is 0 Å². The van der Waals surface area contributed by atoms with Crippen LogP contribution < -0.4 is 0 Å². The molecule has 0 saturated heterocycles. The average Bonchev–Trinajstić information content (AvgIpc) is 2.37. The number of carbonyl (C=O) groups excluding carboxylic acids is 1. The number of Topliss-reactive ketones (excluding diaryl/α,β-unsaturated/α-hetero) is 1. The Balaban J connectivity index is 2.34. The van der Waals surface area contributed by atoms with Gasteiger partial charge in [0.05, 0.1) is 5.56 Å². The zero-order chi connectivity index (χ0) is 14.0. The molecule has 0 bridgehead atoms. The maximum absolute atomic E-state index is 13.6. The Labute approximate surface area is 122 Å². The number of carbonyl (C=O) groups is 1. The minimum atomic E-state index is -0.638. The molecule has 1 nitrogen and oxygen atoms in total. The third-order valence-electron chi connectivity index (χ3n) is 2.63. The van der Waals surface area contributed by atoms with Gasteiger partial charge in [0.1, 0.15) is 11.6 Å². The van der Waals surface area contributed by atoms with Crippen molar-refractivity contribution in [2.24, 2.45) is 0 Å². The first-order valence-corrected chi connectivity index (χ1v) is 6.57. The summed E-state index contributed by atoms with van der Waals surface area (Å²) in [5.41, 5.74) is -0.0118. The van der Waals surface area contributed by atoms with E-state index in [0.717, 1.165) is 0 Å². The van der Waals surface area contributed by atoms with Crippen LogP contribution >= 0.6 is 27.5 Å². The lowest BCUT2D eigenvalue weighted by Gasteiger charge is -2.06. The van der Waals surface area contributed by atoms with Crippen LogP contribution in [-0.2, 0) is 6.42 Å². The number of hydrogen-bond donors (Lipinski definition) is 0. The van der Waals surface area contributed by atoms with E-state index in [-0.39, 0.29) is 22.6 Å². The fraction of sp³-hybridized carbons (Fsp3) is 0.0714. The SMILES string of the molecule is O=C(Cc1c(F)cccc1Cl)c1cc(Br)ccc1F. The summed E-state index contributed by atoms with van der Waals surface area (Å²) in [6, 6.07) is 8.19. The second kappa shape index (κ2) is 5.80. The molecule has 0 heterocycles. The molecule has 0 aromatic heterocycles. The molecule has 2 aromatic carbocycles. The highest BCUT2D eigenvalue weighted by molar-refractivity contribution is 9.10. The fourth-order valence-corrected chi connectivity index (χ4v) is 2.26. The minimum Gasteiger partial charge on any atom is -0.294 e. The first-order chi connectivity index (χ1) is 8.99. The zero-order valence-corrected chi connectivity index (χ0v) is 11.9. The van der Waals surface area contributed by atoms with Crippen molar-refractivity contribution in [3.63, 3.8) is 0 Å². The van der Waals surface area contributed by atoms with Crippen LogP contribution in [0.15, 0.2) is 40.9 Å². The zero-order valence-electron chi connectivity index (χ0n) is 9.59. The standard InChI is InChI=1S/C14H8BrClF2O/c15-8-4-5-13(18)10(6-8)14(19)7-9-11(16)2-1-3-12(9)17/h1-6H,7H2. The summed E-state index contributed by atoms with van der Waals surface area (Å²) in [7, 11) is 0. The van der Waals surface area contributed by atoms with E-state index in [1.54, 1.807) is 0 Å². The fourth-order valence-electron chi connectivity index (χ4n) is 1.67. The van der Waals surface area contributed by atoms with E-state index in [1.165, 1.54) is 36.4 Å². The lowest BCUT2D eigenvalue weighted by atomic mass is 10.0. The van der Waals surface area contributed by atoms with Crippen molar-refractivity contribution in [2.75, 3.05) is 0 Å². The highest BCUT2D eigenvalue weighted by atomic mass is 79.9. The van der Waals surface area contributed by atoms with Crippen molar-refractivity contribution < 1.29 is 13.6 Å². The lowest BCUT2D eigenvalue weighted by molar-refractivity contribution is 0.0988. The second-order valence-corrected chi connectivity index (χ2v) is 5.25. The summed E-state index contributed by atoms with van der Waals surface area (Å²) >= 11 is 9.00. The van der Waals surface area contributed by atoms with Crippen molar-refractivity contribution in [1.82, 2.24) is 0 Å². The average molecular weight is 346 g/mol. The minimum absolute atomic E-state index is 0.0774. The smallest absolute Gasteiger partial charge is 0.170 e. The Morgan fingerprint density at radius 1 is 1.16 bits per heavy atom. The van der Waals surface area contributed by atoms with E-state index in [4.69, 9.17) is 11.6 Å². The van der Waals surface area contributed by atoms with Crippen LogP contribution in [0.4, 0.5) is 8.78 Å². The van der Waals surface area contributed by atoms with Crippen molar-refractivity contribution >= 4 is 33.3 Å². The summed E-state index contributed by atoms with van der Waals surface area (Å²) < 4.78 is 27.7. The molecule has 0 aliphatic carbocycles. The van der Waals surface area contributed by atoms with E-state index in [9.17, 15) is 13.6 Å². The molecule has 0 amide bonds. The summed E-state index contributed by atoms with van der Waals surface area (Å²) in [4.78, 5) is 12.0. The number of halogens is 4. The van der Waals surface area contributed by atoms with E-state index < -0.39 is 17.4 Å². The van der Waals surface area contributed by atoms with Crippen molar-refractivity contribution in [3.05, 3.63) is 68.7 Å². The highest BCUT2D eigenvalue weighted by Gasteiger charge is 2.16. The Hall–Kier alpha value is -1.26. The second-order valence-electron chi connectivity index (χ2n) is 3.92. The van der Waals surface area contributed by atoms with Gasteiger partial charge < -0.3 is 0 Å². The summed E-state index contributed by atoms with van der Waals surface area (Å²) in [5.74, 6) is -1.73. The molecule has 0 radical (unpaired) electrons. The van der Waals surface area contributed by atoms with Crippen molar-refractivity contribution in [1.29, 1.82) is 0 Å². The molecular weight excluding hydrogens is 338 g/mol. The van der Waals surface area contributed by atoms with Gasteiger partial charge in [-0.25, -0.2) is 8.78 Å². The number of ketones is 1. The summed E-state index contributed by atoms with van der Waals surface area (Å²) in [6.07, 6.45) is -0.279.